The summed E-state index contributed by atoms with van der Waals surface area (Å²) in [6.45, 7) is 0.907. The van der Waals surface area contributed by atoms with E-state index in [4.69, 9.17) is 16.7 Å². The molecule has 1 aromatic carbocycles. The number of ketones is 1. The van der Waals surface area contributed by atoms with Crippen molar-refractivity contribution in [2.75, 3.05) is 13.1 Å². The molecular weight excluding hydrogens is 368 g/mol. The number of carbonyl (C=O) groups excluding carboxylic acids is 2. The topological polar surface area (TPSA) is 86.7 Å². The molecule has 0 aromatic heterocycles. The number of benzene rings is 1. The molecule has 2 aliphatic rings. The number of hydrogen-bond donors (Lipinski definition) is 2. The molecule has 2 fully saturated rings. The Labute approximate surface area is 163 Å². The summed E-state index contributed by atoms with van der Waals surface area (Å²) in [5, 5.41) is 12.6. The smallest absolute Gasteiger partial charge is 0.317 e. The number of amides is 1. The molecule has 27 heavy (non-hydrogen) atoms. The number of carboxylic acid groups (broad SMARTS) is 1. The lowest BCUT2D eigenvalue weighted by atomic mass is 9.85. The summed E-state index contributed by atoms with van der Waals surface area (Å²) in [6.07, 6.45) is 4.24. The van der Waals surface area contributed by atoms with Crippen LogP contribution in [0.4, 0.5) is 0 Å². The van der Waals surface area contributed by atoms with E-state index in [1.807, 2.05) is 4.90 Å². The molecule has 2 N–H and O–H groups in total. The van der Waals surface area contributed by atoms with E-state index >= 15 is 0 Å². The van der Waals surface area contributed by atoms with Crippen LogP contribution in [0.1, 0.15) is 48.9 Å². The van der Waals surface area contributed by atoms with Crippen molar-refractivity contribution in [2.24, 2.45) is 5.92 Å². The van der Waals surface area contributed by atoms with Gasteiger partial charge in [0, 0.05) is 42.1 Å². The van der Waals surface area contributed by atoms with Crippen molar-refractivity contribution in [1.82, 2.24) is 10.2 Å². The maximum atomic E-state index is 12.1. The standard InChI is InChI=1S/C20H25ClN2O4/c21-15-5-3-14(4-6-15)18(24)7-8-19(25)22-16-9-17(10-16)23(12-20(26)27)11-13-1-2-13/h3-6,13,16-17H,1-2,7-12H2,(H,22,25)(H,26,27). The molecule has 0 unspecified atom stereocenters. The van der Waals surface area contributed by atoms with E-state index in [9.17, 15) is 14.4 Å². The summed E-state index contributed by atoms with van der Waals surface area (Å²) in [4.78, 5) is 37.3. The number of halogens is 1. The van der Waals surface area contributed by atoms with Gasteiger partial charge < -0.3 is 10.4 Å². The summed E-state index contributed by atoms with van der Waals surface area (Å²) in [6, 6.07) is 6.94. The predicted octanol–water partition coefficient (Wildman–Crippen LogP) is 2.75. The fourth-order valence-corrected chi connectivity index (χ4v) is 3.59. The van der Waals surface area contributed by atoms with Gasteiger partial charge >= 0.3 is 5.97 Å². The third-order valence-corrected chi connectivity index (χ3v) is 5.52. The number of rotatable bonds is 10. The highest BCUT2D eigenvalue weighted by atomic mass is 35.5. The van der Waals surface area contributed by atoms with E-state index < -0.39 is 5.97 Å². The van der Waals surface area contributed by atoms with Crippen molar-refractivity contribution in [3.05, 3.63) is 34.9 Å². The molecule has 6 nitrogen and oxygen atoms in total. The second kappa shape index (κ2) is 8.85. The summed E-state index contributed by atoms with van der Waals surface area (Å²) in [5.74, 6) is -0.376. The molecular formula is C20H25ClN2O4. The summed E-state index contributed by atoms with van der Waals surface area (Å²) < 4.78 is 0. The van der Waals surface area contributed by atoms with Crippen molar-refractivity contribution in [3.8, 4) is 0 Å². The lowest BCUT2D eigenvalue weighted by molar-refractivity contribution is -0.140. The molecule has 0 saturated heterocycles. The molecule has 0 aliphatic heterocycles. The fraction of sp³-hybridized carbons (Fsp3) is 0.550. The highest BCUT2D eigenvalue weighted by Gasteiger charge is 2.37. The Morgan fingerprint density at radius 2 is 1.78 bits per heavy atom. The van der Waals surface area contributed by atoms with Gasteiger partial charge in [0.25, 0.3) is 0 Å². The van der Waals surface area contributed by atoms with E-state index in [-0.39, 0.29) is 43.2 Å². The molecule has 146 valence electrons. The molecule has 0 atom stereocenters. The number of nitrogens with zero attached hydrogens (tertiary/aromatic N) is 1. The minimum Gasteiger partial charge on any atom is -0.480 e. The van der Waals surface area contributed by atoms with E-state index in [0.717, 1.165) is 19.4 Å². The van der Waals surface area contributed by atoms with E-state index in [0.29, 0.717) is 16.5 Å². The van der Waals surface area contributed by atoms with Crippen LogP contribution in [0.25, 0.3) is 0 Å². The largest absolute Gasteiger partial charge is 0.480 e. The number of hydrogen-bond acceptors (Lipinski definition) is 4. The number of nitrogens with one attached hydrogen (secondary N) is 1. The van der Waals surface area contributed by atoms with Gasteiger partial charge in [-0.05, 0) is 55.9 Å². The Kier molecular flexibility index (Phi) is 6.50. The molecule has 0 radical (unpaired) electrons. The highest BCUT2D eigenvalue weighted by molar-refractivity contribution is 6.30. The second-order valence-electron chi connectivity index (χ2n) is 7.59. The van der Waals surface area contributed by atoms with Crippen LogP contribution in [0.3, 0.4) is 0 Å². The molecule has 2 saturated carbocycles. The summed E-state index contributed by atoms with van der Waals surface area (Å²) in [5.41, 5.74) is 0.556. The van der Waals surface area contributed by atoms with Gasteiger partial charge in [0.15, 0.2) is 5.78 Å². The van der Waals surface area contributed by atoms with Crippen molar-refractivity contribution in [1.29, 1.82) is 0 Å². The van der Waals surface area contributed by atoms with Gasteiger partial charge in [-0.25, -0.2) is 0 Å². The van der Waals surface area contributed by atoms with E-state index in [1.54, 1.807) is 24.3 Å². The first-order chi connectivity index (χ1) is 12.9. The molecule has 1 amide bonds. The maximum Gasteiger partial charge on any atom is 0.317 e. The van der Waals surface area contributed by atoms with Crippen LogP contribution >= 0.6 is 11.6 Å². The van der Waals surface area contributed by atoms with Crippen molar-refractivity contribution in [3.63, 3.8) is 0 Å². The van der Waals surface area contributed by atoms with Gasteiger partial charge in [-0.3, -0.25) is 19.3 Å². The fourth-order valence-electron chi connectivity index (χ4n) is 3.46. The van der Waals surface area contributed by atoms with Gasteiger partial charge in [-0.2, -0.15) is 0 Å². The first-order valence-electron chi connectivity index (χ1n) is 9.44. The zero-order chi connectivity index (χ0) is 19.4. The van der Waals surface area contributed by atoms with E-state index in [1.165, 1.54) is 12.8 Å². The third-order valence-electron chi connectivity index (χ3n) is 5.27. The minimum atomic E-state index is -0.802. The molecule has 3 rings (SSSR count). The lowest BCUT2D eigenvalue weighted by Crippen LogP contribution is -2.55. The molecule has 2 aliphatic carbocycles. The van der Waals surface area contributed by atoms with Gasteiger partial charge in [0.2, 0.25) is 5.91 Å². The van der Waals surface area contributed by atoms with Crippen molar-refractivity contribution < 1.29 is 19.5 Å². The van der Waals surface area contributed by atoms with Crippen LogP contribution < -0.4 is 5.32 Å². The first kappa shape index (κ1) is 19.8. The minimum absolute atomic E-state index is 0.0669. The van der Waals surface area contributed by atoms with Crippen LogP contribution in [-0.4, -0.2) is 52.8 Å². The van der Waals surface area contributed by atoms with Crippen molar-refractivity contribution >= 4 is 29.3 Å². The SMILES string of the molecule is O=C(O)CN(CC1CC1)C1CC(NC(=O)CCC(=O)c2ccc(Cl)cc2)C1. The third kappa shape index (κ3) is 6.04. The Morgan fingerprint density at radius 1 is 1.11 bits per heavy atom. The Bertz CT molecular complexity index is 696. The second-order valence-corrected chi connectivity index (χ2v) is 8.02. The quantitative estimate of drug-likeness (QED) is 0.598. The Morgan fingerprint density at radius 3 is 2.37 bits per heavy atom. The maximum absolute atomic E-state index is 12.1. The van der Waals surface area contributed by atoms with Crippen LogP contribution in [-0.2, 0) is 9.59 Å². The van der Waals surface area contributed by atoms with Crippen LogP contribution in [0.5, 0.6) is 0 Å². The van der Waals surface area contributed by atoms with Crippen LogP contribution in [0.15, 0.2) is 24.3 Å². The summed E-state index contributed by atoms with van der Waals surface area (Å²) >= 11 is 5.81. The van der Waals surface area contributed by atoms with Gasteiger partial charge in [-0.1, -0.05) is 11.6 Å². The lowest BCUT2D eigenvalue weighted by Gasteiger charge is -2.42. The molecule has 7 heteroatoms. The van der Waals surface area contributed by atoms with Gasteiger partial charge in [0.05, 0.1) is 6.54 Å². The highest BCUT2D eigenvalue weighted by Crippen LogP contribution is 2.33. The number of carboxylic acids is 1. The van der Waals surface area contributed by atoms with Crippen LogP contribution in [0, 0.1) is 5.92 Å². The predicted molar refractivity (Wildman–Crippen MR) is 102 cm³/mol. The normalized spacial score (nSPS) is 21.6. The Balaban J connectivity index is 1.37. The summed E-state index contributed by atoms with van der Waals surface area (Å²) in [7, 11) is 0. The van der Waals surface area contributed by atoms with Gasteiger partial charge in [-0.15, -0.1) is 0 Å². The molecule has 1 aromatic rings. The number of carbonyl (C=O) groups is 3. The first-order valence-corrected chi connectivity index (χ1v) is 9.82. The molecule has 0 spiro atoms. The average Bonchev–Trinajstić information content (AvgIpc) is 3.39. The zero-order valence-electron chi connectivity index (χ0n) is 15.2. The Hall–Kier alpha value is -1.92. The van der Waals surface area contributed by atoms with E-state index in [2.05, 4.69) is 5.32 Å². The van der Waals surface area contributed by atoms with Gasteiger partial charge in [0.1, 0.15) is 0 Å². The zero-order valence-corrected chi connectivity index (χ0v) is 16.0. The molecule has 0 heterocycles. The van der Waals surface area contributed by atoms with Crippen molar-refractivity contribution in [2.45, 2.75) is 50.6 Å². The monoisotopic (exact) mass is 392 g/mol. The number of aliphatic carboxylic acids is 1. The molecule has 0 bridgehead atoms. The average molecular weight is 393 g/mol. The number of Topliss-reactive ketones (excluding diaryl/α,β-unsaturated/α-hetero) is 1. The van der Waals surface area contributed by atoms with Crippen LogP contribution in [0.2, 0.25) is 5.02 Å².